The quantitative estimate of drug-likeness (QED) is 0.777. The highest BCUT2D eigenvalue weighted by molar-refractivity contribution is 4.90. The van der Waals surface area contributed by atoms with Crippen LogP contribution in [0.5, 0.6) is 0 Å². The monoisotopic (exact) mass is 282 g/mol. The summed E-state index contributed by atoms with van der Waals surface area (Å²) in [6, 6.07) is 0. The predicted octanol–water partition coefficient (Wildman–Crippen LogP) is 2.90. The Morgan fingerprint density at radius 3 is 2.35 bits per heavy atom. The number of hydrogen-bond donors (Lipinski definition) is 1. The molecule has 2 fully saturated rings. The summed E-state index contributed by atoms with van der Waals surface area (Å²) in [4.78, 5) is 2.69. The zero-order chi connectivity index (χ0) is 14.6. The lowest BCUT2D eigenvalue weighted by Crippen LogP contribution is -2.51. The summed E-state index contributed by atoms with van der Waals surface area (Å²) < 4.78 is 5.62. The number of nitrogens with one attached hydrogen (secondary N) is 1. The van der Waals surface area contributed by atoms with Crippen LogP contribution in [0, 0.1) is 11.3 Å². The third kappa shape index (κ3) is 5.34. The van der Waals surface area contributed by atoms with Crippen LogP contribution in [0.3, 0.4) is 0 Å². The van der Waals surface area contributed by atoms with Crippen LogP contribution in [0.4, 0.5) is 0 Å². The lowest BCUT2D eigenvalue weighted by atomic mass is 9.79. The minimum absolute atomic E-state index is 0.207. The first-order valence-corrected chi connectivity index (χ1v) is 8.48. The SMILES string of the molecule is CCN(CC1CC1)CC1(CNC(C)(C)C)CCOCC1. The van der Waals surface area contributed by atoms with E-state index in [9.17, 15) is 0 Å². The molecule has 0 amide bonds. The minimum Gasteiger partial charge on any atom is -0.381 e. The molecule has 1 N–H and O–H groups in total. The van der Waals surface area contributed by atoms with Gasteiger partial charge in [-0.1, -0.05) is 6.92 Å². The Hall–Kier alpha value is -0.120. The van der Waals surface area contributed by atoms with E-state index in [2.05, 4.69) is 37.9 Å². The molecule has 3 nitrogen and oxygen atoms in total. The van der Waals surface area contributed by atoms with Crippen LogP contribution >= 0.6 is 0 Å². The van der Waals surface area contributed by atoms with Gasteiger partial charge in [-0.15, -0.1) is 0 Å². The number of nitrogens with zero attached hydrogens (tertiary/aromatic N) is 1. The van der Waals surface area contributed by atoms with Crippen LogP contribution < -0.4 is 5.32 Å². The first-order valence-electron chi connectivity index (χ1n) is 8.48. The Bertz CT molecular complexity index is 288. The van der Waals surface area contributed by atoms with E-state index < -0.39 is 0 Å². The lowest BCUT2D eigenvalue weighted by Gasteiger charge is -2.42. The van der Waals surface area contributed by atoms with Crippen LogP contribution in [0.2, 0.25) is 0 Å². The van der Waals surface area contributed by atoms with E-state index in [0.717, 1.165) is 25.7 Å². The van der Waals surface area contributed by atoms with Gasteiger partial charge in [-0.3, -0.25) is 0 Å². The Morgan fingerprint density at radius 1 is 1.20 bits per heavy atom. The van der Waals surface area contributed by atoms with Gasteiger partial charge in [0.2, 0.25) is 0 Å². The molecule has 0 bridgehead atoms. The van der Waals surface area contributed by atoms with E-state index in [1.165, 1.54) is 45.3 Å². The van der Waals surface area contributed by atoms with E-state index in [1.807, 2.05) is 0 Å². The molecule has 118 valence electrons. The second-order valence-corrected chi connectivity index (χ2v) is 7.99. The second kappa shape index (κ2) is 6.76. The van der Waals surface area contributed by atoms with Crippen molar-refractivity contribution in [2.45, 2.75) is 58.9 Å². The third-order valence-electron chi connectivity index (χ3n) is 4.77. The van der Waals surface area contributed by atoms with Crippen molar-refractivity contribution in [3.05, 3.63) is 0 Å². The smallest absolute Gasteiger partial charge is 0.0472 e. The summed E-state index contributed by atoms with van der Waals surface area (Å²) in [6.07, 6.45) is 5.31. The third-order valence-corrected chi connectivity index (χ3v) is 4.77. The highest BCUT2D eigenvalue weighted by atomic mass is 16.5. The van der Waals surface area contributed by atoms with Crippen molar-refractivity contribution in [3.63, 3.8) is 0 Å². The van der Waals surface area contributed by atoms with Crippen LogP contribution in [0.1, 0.15) is 53.4 Å². The highest BCUT2D eigenvalue weighted by Gasteiger charge is 2.36. The summed E-state index contributed by atoms with van der Waals surface area (Å²) in [5.74, 6) is 0.988. The molecule has 0 aromatic heterocycles. The molecule has 1 aliphatic heterocycles. The normalized spacial score (nSPS) is 23.2. The van der Waals surface area contributed by atoms with Crippen molar-refractivity contribution in [2.24, 2.45) is 11.3 Å². The van der Waals surface area contributed by atoms with Crippen molar-refractivity contribution in [1.29, 1.82) is 0 Å². The van der Waals surface area contributed by atoms with Gasteiger partial charge in [-0.2, -0.15) is 0 Å². The van der Waals surface area contributed by atoms with Crippen molar-refractivity contribution in [3.8, 4) is 0 Å². The van der Waals surface area contributed by atoms with Gasteiger partial charge in [0.25, 0.3) is 0 Å². The van der Waals surface area contributed by atoms with E-state index in [4.69, 9.17) is 4.74 Å². The fourth-order valence-corrected chi connectivity index (χ4v) is 3.09. The number of rotatable bonds is 7. The molecule has 0 aromatic carbocycles. The fraction of sp³-hybridized carbons (Fsp3) is 1.00. The average molecular weight is 282 g/mol. The van der Waals surface area contributed by atoms with Crippen molar-refractivity contribution in [1.82, 2.24) is 10.2 Å². The van der Waals surface area contributed by atoms with Crippen molar-refractivity contribution in [2.75, 3.05) is 39.4 Å². The molecule has 0 atom stereocenters. The molecule has 20 heavy (non-hydrogen) atoms. The minimum atomic E-state index is 0.207. The van der Waals surface area contributed by atoms with Gasteiger partial charge < -0.3 is 15.0 Å². The van der Waals surface area contributed by atoms with Gasteiger partial charge >= 0.3 is 0 Å². The van der Waals surface area contributed by atoms with E-state index in [1.54, 1.807) is 0 Å². The molecule has 0 aromatic rings. The van der Waals surface area contributed by atoms with E-state index in [-0.39, 0.29) is 5.54 Å². The predicted molar refractivity (Wildman–Crippen MR) is 85.1 cm³/mol. The van der Waals surface area contributed by atoms with Crippen LogP contribution in [-0.4, -0.2) is 49.8 Å². The first kappa shape index (κ1) is 16.3. The second-order valence-electron chi connectivity index (χ2n) is 7.99. The molecule has 3 heteroatoms. The molecule has 1 aliphatic carbocycles. The summed E-state index contributed by atoms with van der Waals surface area (Å²) in [7, 11) is 0. The van der Waals surface area contributed by atoms with Crippen molar-refractivity contribution >= 4 is 0 Å². The van der Waals surface area contributed by atoms with Crippen LogP contribution in [0.15, 0.2) is 0 Å². The zero-order valence-electron chi connectivity index (χ0n) is 14.0. The number of ether oxygens (including phenoxy) is 1. The maximum Gasteiger partial charge on any atom is 0.0472 e. The van der Waals surface area contributed by atoms with Gasteiger partial charge in [0.15, 0.2) is 0 Å². The molecule has 1 heterocycles. The summed E-state index contributed by atoms with van der Waals surface area (Å²) in [5.41, 5.74) is 0.620. The van der Waals surface area contributed by atoms with Crippen LogP contribution in [0.25, 0.3) is 0 Å². The van der Waals surface area contributed by atoms with Gasteiger partial charge in [-0.05, 0) is 64.3 Å². The summed E-state index contributed by atoms with van der Waals surface area (Å²) >= 11 is 0. The van der Waals surface area contributed by atoms with Crippen LogP contribution in [-0.2, 0) is 4.74 Å². The van der Waals surface area contributed by atoms with Gasteiger partial charge in [-0.25, -0.2) is 0 Å². The number of hydrogen-bond acceptors (Lipinski definition) is 3. The molecule has 1 saturated carbocycles. The Morgan fingerprint density at radius 2 is 1.85 bits per heavy atom. The van der Waals surface area contributed by atoms with Gasteiger partial charge in [0.05, 0.1) is 0 Å². The molecule has 2 aliphatic rings. The molecular weight excluding hydrogens is 248 g/mol. The molecule has 0 radical (unpaired) electrons. The van der Waals surface area contributed by atoms with E-state index >= 15 is 0 Å². The fourth-order valence-electron chi connectivity index (χ4n) is 3.09. The molecule has 0 spiro atoms. The standard InChI is InChI=1S/C17H34N2O/c1-5-19(12-15-6-7-15)14-17(8-10-20-11-9-17)13-18-16(2,3)4/h15,18H,5-14H2,1-4H3. The molecule has 2 rings (SSSR count). The van der Waals surface area contributed by atoms with Gasteiger partial charge in [0.1, 0.15) is 0 Å². The van der Waals surface area contributed by atoms with E-state index in [0.29, 0.717) is 5.41 Å². The van der Waals surface area contributed by atoms with Gasteiger partial charge in [0, 0.05) is 38.4 Å². The lowest BCUT2D eigenvalue weighted by molar-refractivity contribution is -0.00702. The largest absolute Gasteiger partial charge is 0.381 e. The summed E-state index contributed by atoms with van der Waals surface area (Å²) in [6.45, 7) is 15.9. The maximum absolute atomic E-state index is 5.62. The average Bonchev–Trinajstić information content (AvgIpc) is 3.20. The molecule has 0 unspecified atom stereocenters. The Labute approximate surface area is 125 Å². The maximum atomic E-state index is 5.62. The summed E-state index contributed by atoms with van der Waals surface area (Å²) in [5, 5.41) is 3.75. The zero-order valence-corrected chi connectivity index (χ0v) is 14.0. The van der Waals surface area contributed by atoms with Crippen molar-refractivity contribution < 1.29 is 4.74 Å². The molecular formula is C17H34N2O. The molecule has 1 saturated heterocycles. The highest BCUT2D eigenvalue weighted by Crippen LogP contribution is 2.34. The first-order chi connectivity index (χ1) is 9.42. The topological polar surface area (TPSA) is 24.5 Å². The Kier molecular flexibility index (Phi) is 5.49. The Balaban J connectivity index is 1.93.